The van der Waals surface area contributed by atoms with Crippen LogP contribution in [0.1, 0.15) is 26.2 Å². The molecule has 0 fully saturated rings. The molecule has 0 saturated carbocycles. The Morgan fingerprint density at radius 2 is 2.10 bits per heavy atom. The van der Waals surface area contributed by atoms with E-state index in [0.29, 0.717) is 0 Å². The quantitative estimate of drug-likeness (QED) is 0.594. The van der Waals surface area contributed by atoms with E-state index in [1.54, 1.807) is 0 Å². The van der Waals surface area contributed by atoms with E-state index in [9.17, 15) is 0 Å². The zero-order valence-electron chi connectivity index (χ0n) is 6.72. The summed E-state index contributed by atoms with van der Waals surface area (Å²) >= 11 is 0. The number of nitrogens with two attached hydrogens (primary N) is 1. The van der Waals surface area contributed by atoms with Crippen molar-refractivity contribution in [1.82, 2.24) is 0 Å². The van der Waals surface area contributed by atoms with Crippen LogP contribution in [0.2, 0.25) is 0 Å². The molecular formula is C9H17N. The molecule has 10 heavy (non-hydrogen) atoms. The van der Waals surface area contributed by atoms with Gasteiger partial charge < -0.3 is 5.73 Å². The number of hydrogen-bond acceptors (Lipinski definition) is 1. The second-order valence-electron chi connectivity index (χ2n) is 3.26. The molecule has 0 heterocycles. The molecule has 0 saturated heterocycles. The standard InChI is InChI=1S/C9H17N/c1-8(6-7-10)9-4-2-3-5-9/h2-3,8-9H,4-7,10H2,1H3. The summed E-state index contributed by atoms with van der Waals surface area (Å²) in [5.41, 5.74) is 5.48. The first-order chi connectivity index (χ1) is 4.84. The van der Waals surface area contributed by atoms with Crippen molar-refractivity contribution in [3.8, 4) is 0 Å². The Balaban J connectivity index is 2.21. The molecule has 0 aromatic rings. The van der Waals surface area contributed by atoms with Crippen LogP contribution < -0.4 is 5.73 Å². The summed E-state index contributed by atoms with van der Waals surface area (Å²) in [6.07, 6.45) is 8.32. The Morgan fingerprint density at radius 1 is 1.50 bits per heavy atom. The lowest BCUT2D eigenvalue weighted by atomic mass is 9.89. The molecule has 0 radical (unpaired) electrons. The fourth-order valence-electron chi connectivity index (χ4n) is 1.60. The highest BCUT2D eigenvalue weighted by molar-refractivity contribution is 4.95. The fraction of sp³-hybridized carbons (Fsp3) is 0.778. The Kier molecular flexibility index (Phi) is 2.94. The molecule has 0 aromatic carbocycles. The summed E-state index contributed by atoms with van der Waals surface area (Å²) < 4.78 is 0. The van der Waals surface area contributed by atoms with Crippen molar-refractivity contribution in [3.63, 3.8) is 0 Å². The normalized spacial score (nSPS) is 21.8. The van der Waals surface area contributed by atoms with Crippen LogP contribution >= 0.6 is 0 Å². The van der Waals surface area contributed by atoms with Crippen LogP contribution in [0.5, 0.6) is 0 Å². The van der Waals surface area contributed by atoms with Gasteiger partial charge in [-0.05, 0) is 37.6 Å². The van der Waals surface area contributed by atoms with Crippen molar-refractivity contribution in [2.24, 2.45) is 17.6 Å². The number of rotatable bonds is 3. The van der Waals surface area contributed by atoms with E-state index >= 15 is 0 Å². The highest BCUT2D eigenvalue weighted by atomic mass is 14.5. The van der Waals surface area contributed by atoms with Gasteiger partial charge in [-0.2, -0.15) is 0 Å². The maximum atomic E-state index is 5.48. The molecule has 0 amide bonds. The molecular weight excluding hydrogens is 122 g/mol. The van der Waals surface area contributed by atoms with Gasteiger partial charge in [0.05, 0.1) is 0 Å². The van der Waals surface area contributed by atoms with Gasteiger partial charge >= 0.3 is 0 Å². The van der Waals surface area contributed by atoms with Gasteiger partial charge in [0, 0.05) is 0 Å². The monoisotopic (exact) mass is 139 g/mol. The molecule has 1 heteroatoms. The lowest BCUT2D eigenvalue weighted by Crippen LogP contribution is -2.13. The minimum atomic E-state index is 0.819. The Hall–Kier alpha value is -0.300. The van der Waals surface area contributed by atoms with Gasteiger partial charge in [-0.25, -0.2) is 0 Å². The third-order valence-corrected chi connectivity index (χ3v) is 2.47. The van der Waals surface area contributed by atoms with Crippen molar-refractivity contribution < 1.29 is 0 Å². The smallest absolute Gasteiger partial charge is 0.00746 e. The molecule has 0 bridgehead atoms. The molecule has 0 aliphatic heterocycles. The van der Waals surface area contributed by atoms with Crippen LogP contribution in [0.25, 0.3) is 0 Å². The minimum absolute atomic E-state index is 0.819. The molecule has 0 spiro atoms. The van der Waals surface area contributed by atoms with E-state index in [-0.39, 0.29) is 0 Å². The summed E-state index contributed by atoms with van der Waals surface area (Å²) in [6.45, 7) is 3.15. The summed E-state index contributed by atoms with van der Waals surface area (Å²) in [5.74, 6) is 1.71. The van der Waals surface area contributed by atoms with Crippen molar-refractivity contribution in [2.45, 2.75) is 26.2 Å². The average Bonchev–Trinajstić information content (AvgIpc) is 2.38. The summed E-state index contributed by atoms with van der Waals surface area (Å²) in [4.78, 5) is 0. The summed E-state index contributed by atoms with van der Waals surface area (Å²) in [6, 6.07) is 0. The largest absolute Gasteiger partial charge is 0.330 e. The van der Waals surface area contributed by atoms with E-state index in [1.807, 2.05) is 0 Å². The van der Waals surface area contributed by atoms with Gasteiger partial charge in [0.15, 0.2) is 0 Å². The maximum absolute atomic E-state index is 5.48. The number of hydrogen-bond donors (Lipinski definition) is 1. The molecule has 1 aliphatic rings. The first-order valence-corrected chi connectivity index (χ1v) is 4.19. The molecule has 2 N–H and O–H groups in total. The predicted molar refractivity (Wildman–Crippen MR) is 44.7 cm³/mol. The Labute approximate surface area is 63.3 Å². The molecule has 58 valence electrons. The third-order valence-electron chi connectivity index (χ3n) is 2.47. The van der Waals surface area contributed by atoms with E-state index in [2.05, 4.69) is 19.1 Å². The van der Waals surface area contributed by atoms with Gasteiger partial charge in [0.1, 0.15) is 0 Å². The first kappa shape index (κ1) is 7.80. The lowest BCUT2D eigenvalue weighted by Gasteiger charge is -2.17. The van der Waals surface area contributed by atoms with Crippen molar-refractivity contribution in [2.75, 3.05) is 6.54 Å². The highest BCUT2D eigenvalue weighted by Crippen LogP contribution is 2.27. The molecule has 1 atom stereocenters. The average molecular weight is 139 g/mol. The lowest BCUT2D eigenvalue weighted by molar-refractivity contribution is 0.360. The molecule has 0 aromatic heterocycles. The van der Waals surface area contributed by atoms with Crippen LogP contribution in [-0.2, 0) is 0 Å². The van der Waals surface area contributed by atoms with Crippen LogP contribution in [0.15, 0.2) is 12.2 Å². The van der Waals surface area contributed by atoms with E-state index < -0.39 is 0 Å². The molecule has 1 nitrogen and oxygen atoms in total. The maximum Gasteiger partial charge on any atom is -0.00746 e. The van der Waals surface area contributed by atoms with E-state index in [4.69, 9.17) is 5.73 Å². The van der Waals surface area contributed by atoms with Gasteiger partial charge in [0.25, 0.3) is 0 Å². The topological polar surface area (TPSA) is 26.0 Å². The second-order valence-corrected chi connectivity index (χ2v) is 3.26. The van der Waals surface area contributed by atoms with Crippen LogP contribution in [0, 0.1) is 11.8 Å². The summed E-state index contributed by atoms with van der Waals surface area (Å²) in [7, 11) is 0. The van der Waals surface area contributed by atoms with Gasteiger partial charge in [-0.15, -0.1) is 0 Å². The zero-order chi connectivity index (χ0) is 7.40. The number of allylic oxidation sites excluding steroid dienone is 2. The fourth-order valence-corrected chi connectivity index (χ4v) is 1.60. The van der Waals surface area contributed by atoms with E-state index in [1.165, 1.54) is 19.3 Å². The highest BCUT2D eigenvalue weighted by Gasteiger charge is 2.16. The van der Waals surface area contributed by atoms with Crippen molar-refractivity contribution in [3.05, 3.63) is 12.2 Å². The van der Waals surface area contributed by atoms with Crippen LogP contribution in [-0.4, -0.2) is 6.54 Å². The first-order valence-electron chi connectivity index (χ1n) is 4.19. The Bertz CT molecular complexity index is 110. The van der Waals surface area contributed by atoms with Gasteiger partial charge in [-0.1, -0.05) is 19.1 Å². The van der Waals surface area contributed by atoms with Gasteiger partial charge in [0.2, 0.25) is 0 Å². The van der Waals surface area contributed by atoms with Crippen molar-refractivity contribution >= 4 is 0 Å². The van der Waals surface area contributed by atoms with Crippen LogP contribution in [0.3, 0.4) is 0 Å². The SMILES string of the molecule is CC(CCN)C1CC=CC1. The minimum Gasteiger partial charge on any atom is -0.330 e. The van der Waals surface area contributed by atoms with Crippen molar-refractivity contribution in [1.29, 1.82) is 0 Å². The predicted octanol–water partition coefficient (Wildman–Crippen LogP) is 1.94. The molecule has 1 rings (SSSR count). The second kappa shape index (κ2) is 3.77. The third kappa shape index (κ3) is 1.84. The Morgan fingerprint density at radius 3 is 2.60 bits per heavy atom. The molecule has 1 unspecified atom stereocenters. The zero-order valence-corrected chi connectivity index (χ0v) is 6.72. The summed E-state index contributed by atoms with van der Waals surface area (Å²) in [5, 5.41) is 0. The van der Waals surface area contributed by atoms with Gasteiger partial charge in [-0.3, -0.25) is 0 Å². The van der Waals surface area contributed by atoms with Crippen LogP contribution in [0.4, 0.5) is 0 Å². The molecule has 1 aliphatic carbocycles. The van der Waals surface area contributed by atoms with E-state index in [0.717, 1.165) is 18.4 Å².